The maximum Gasteiger partial charge on any atom is 0.304 e. The normalized spacial score (nSPS) is 14.5. The topological polar surface area (TPSA) is 97.6 Å². The van der Waals surface area contributed by atoms with Crippen molar-refractivity contribution in [2.24, 2.45) is 18.9 Å². The average Bonchev–Trinajstić information content (AvgIpc) is 3.68. The number of pyridine rings is 1. The summed E-state index contributed by atoms with van der Waals surface area (Å²) in [7, 11) is 3.38. The van der Waals surface area contributed by atoms with Crippen LogP contribution in [0.5, 0.6) is 5.75 Å². The second-order valence-electron chi connectivity index (χ2n) is 10.2. The van der Waals surface area contributed by atoms with Crippen LogP contribution in [0.15, 0.2) is 42.7 Å². The fraction of sp³-hybridized carbons (Fsp3) is 0.379. The quantitative estimate of drug-likeness (QED) is 0.236. The van der Waals surface area contributed by atoms with Crippen molar-refractivity contribution in [1.82, 2.24) is 14.5 Å². The van der Waals surface area contributed by atoms with Crippen LogP contribution < -0.4 is 9.64 Å². The van der Waals surface area contributed by atoms with Gasteiger partial charge in [0.1, 0.15) is 17.1 Å². The number of ether oxygens (including phenoxy) is 1. The summed E-state index contributed by atoms with van der Waals surface area (Å²) in [5, 5.41) is 9.82. The highest BCUT2D eigenvalue weighted by atomic mass is 32.1. The van der Waals surface area contributed by atoms with E-state index in [1.807, 2.05) is 29.9 Å². The summed E-state index contributed by atoms with van der Waals surface area (Å²) < 4.78 is 35.4. The third-order valence-electron chi connectivity index (χ3n) is 7.54. The third kappa shape index (κ3) is 5.70. The number of alkyl halides is 1. The molecule has 8 nitrogen and oxygen atoms in total. The molecular formula is C29H30F2N4O4S. The van der Waals surface area contributed by atoms with E-state index in [-0.39, 0.29) is 23.0 Å². The maximum absolute atomic E-state index is 15.5. The number of hydrogen-bond acceptors (Lipinski definition) is 6. The highest BCUT2D eigenvalue weighted by molar-refractivity contribution is 7.14. The SMILES string of the molecule is CN(C(=O)C(CC(=O)O)CC1CCCC1)c1nc(-c2cc(OCF)ccc2-c2cnc3c(ccn3C)c2)c(F)s1. The number of thiazole rings is 1. The van der Waals surface area contributed by atoms with Crippen LogP contribution in [0.3, 0.4) is 0 Å². The number of carbonyl (C=O) groups excluding carboxylic acids is 1. The van der Waals surface area contributed by atoms with Gasteiger partial charge in [-0.2, -0.15) is 4.39 Å². The Hall–Kier alpha value is -3.86. The average molecular weight is 569 g/mol. The van der Waals surface area contributed by atoms with E-state index in [2.05, 4.69) is 9.97 Å². The van der Waals surface area contributed by atoms with Gasteiger partial charge in [-0.25, -0.2) is 14.4 Å². The van der Waals surface area contributed by atoms with Crippen LogP contribution in [0.4, 0.5) is 13.9 Å². The van der Waals surface area contributed by atoms with Crippen molar-refractivity contribution in [2.75, 3.05) is 18.8 Å². The molecule has 1 amide bonds. The fourth-order valence-corrected chi connectivity index (χ4v) is 6.30. The summed E-state index contributed by atoms with van der Waals surface area (Å²) in [4.78, 5) is 35.2. The van der Waals surface area contributed by atoms with E-state index < -0.39 is 29.8 Å². The Morgan fingerprint density at radius 1 is 1.23 bits per heavy atom. The summed E-state index contributed by atoms with van der Waals surface area (Å²) in [5.74, 6) is -1.66. The third-order valence-corrected chi connectivity index (χ3v) is 8.46. The second-order valence-corrected chi connectivity index (χ2v) is 11.1. The fourth-order valence-electron chi connectivity index (χ4n) is 5.52. The number of carbonyl (C=O) groups is 2. The van der Waals surface area contributed by atoms with Crippen LogP contribution in [0.25, 0.3) is 33.4 Å². The molecule has 0 saturated heterocycles. The van der Waals surface area contributed by atoms with Crippen molar-refractivity contribution < 1.29 is 28.2 Å². The number of halogens is 2. The van der Waals surface area contributed by atoms with Gasteiger partial charge in [0.15, 0.2) is 5.13 Å². The number of carboxylic acid groups (broad SMARTS) is 1. The molecule has 1 atom stereocenters. The van der Waals surface area contributed by atoms with Gasteiger partial charge in [0.2, 0.25) is 17.9 Å². The molecule has 40 heavy (non-hydrogen) atoms. The molecule has 1 aliphatic carbocycles. The standard InChI is InChI=1S/C29H30F2N4O4S/c1-34-10-9-18-12-20(15-32-27(18)34)22-8-7-21(39-16-30)14-23(22)25-26(31)40-29(33-25)35(2)28(38)19(13-24(36)37)11-17-5-3-4-6-17/h7-10,12,14-15,17,19H,3-6,11,13,16H2,1-2H3,(H,36,37). The highest BCUT2D eigenvalue weighted by Crippen LogP contribution is 2.40. The molecule has 1 aliphatic rings. The highest BCUT2D eigenvalue weighted by Gasteiger charge is 2.31. The number of fused-ring (bicyclic) bond motifs is 1. The Bertz CT molecular complexity index is 1550. The van der Waals surface area contributed by atoms with E-state index in [9.17, 15) is 19.1 Å². The molecule has 3 aromatic heterocycles. The molecule has 1 N–H and O–H groups in total. The van der Waals surface area contributed by atoms with Gasteiger partial charge in [-0.3, -0.25) is 14.5 Å². The molecule has 1 saturated carbocycles. The van der Waals surface area contributed by atoms with Crippen LogP contribution in [0.2, 0.25) is 0 Å². The number of carboxylic acids is 1. The zero-order valence-corrected chi connectivity index (χ0v) is 23.1. The molecule has 5 rings (SSSR count). The molecular weight excluding hydrogens is 538 g/mol. The number of aryl methyl sites for hydroxylation is 1. The minimum Gasteiger partial charge on any atom is -0.481 e. The zero-order chi connectivity index (χ0) is 28.4. The monoisotopic (exact) mass is 568 g/mol. The number of aromatic nitrogens is 3. The number of anilines is 1. The Balaban J connectivity index is 1.50. The van der Waals surface area contributed by atoms with Crippen LogP contribution in [0.1, 0.15) is 38.5 Å². The zero-order valence-electron chi connectivity index (χ0n) is 22.3. The minimum absolute atomic E-state index is 0.0160. The van der Waals surface area contributed by atoms with E-state index in [1.54, 1.807) is 18.3 Å². The van der Waals surface area contributed by atoms with Gasteiger partial charge < -0.3 is 14.4 Å². The van der Waals surface area contributed by atoms with Crippen LogP contribution >= 0.6 is 11.3 Å². The first-order chi connectivity index (χ1) is 19.2. The van der Waals surface area contributed by atoms with Gasteiger partial charge in [-0.15, -0.1) is 0 Å². The Morgan fingerprint density at radius 3 is 2.73 bits per heavy atom. The number of rotatable bonds is 10. The summed E-state index contributed by atoms with van der Waals surface area (Å²) in [6.45, 7) is -1.05. The van der Waals surface area contributed by atoms with E-state index in [0.29, 0.717) is 40.4 Å². The van der Waals surface area contributed by atoms with Crippen molar-refractivity contribution in [1.29, 1.82) is 0 Å². The molecule has 0 spiro atoms. The predicted molar refractivity (Wildman–Crippen MR) is 150 cm³/mol. The van der Waals surface area contributed by atoms with Crippen LogP contribution in [-0.2, 0) is 16.6 Å². The Kier molecular flexibility index (Phi) is 8.11. The van der Waals surface area contributed by atoms with E-state index in [4.69, 9.17) is 4.74 Å². The molecule has 1 aromatic carbocycles. The second kappa shape index (κ2) is 11.7. The van der Waals surface area contributed by atoms with Gasteiger partial charge in [0.05, 0.1) is 6.42 Å². The summed E-state index contributed by atoms with van der Waals surface area (Å²) in [6, 6.07) is 8.66. The van der Waals surface area contributed by atoms with Crippen LogP contribution in [0, 0.1) is 17.0 Å². The molecule has 1 unspecified atom stereocenters. The van der Waals surface area contributed by atoms with Crippen molar-refractivity contribution in [2.45, 2.75) is 38.5 Å². The summed E-state index contributed by atoms with van der Waals surface area (Å²) in [6.07, 6.45) is 7.88. The van der Waals surface area contributed by atoms with Crippen molar-refractivity contribution in [3.05, 3.63) is 47.9 Å². The number of amides is 1. The molecule has 3 heterocycles. The number of benzene rings is 1. The minimum atomic E-state index is -1.05. The lowest BCUT2D eigenvalue weighted by Crippen LogP contribution is -2.35. The van der Waals surface area contributed by atoms with Gasteiger partial charge in [-0.1, -0.05) is 37.0 Å². The molecule has 210 valence electrons. The van der Waals surface area contributed by atoms with Crippen LogP contribution in [-0.4, -0.2) is 45.4 Å². The van der Waals surface area contributed by atoms with Crippen molar-refractivity contribution in [3.63, 3.8) is 0 Å². The van der Waals surface area contributed by atoms with Gasteiger partial charge in [-0.05, 0) is 48.2 Å². The van der Waals surface area contributed by atoms with Gasteiger partial charge in [0.25, 0.3) is 0 Å². The van der Waals surface area contributed by atoms with E-state index in [0.717, 1.165) is 36.7 Å². The first-order valence-electron chi connectivity index (χ1n) is 13.2. The molecule has 0 radical (unpaired) electrons. The van der Waals surface area contributed by atoms with E-state index in [1.165, 1.54) is 18.0 Å². The Morgan fingerprint density at radius 2 is 2.00 bits per heavy atom. The molecule has 0 aliphatic heterocycles. The summed E-state index contributed by atoms with van der Waals surface area (Å²) >= 11 is 0.700. The first kappa shape index (κ1) is 27.7. The maximum atomic E-state index is 15.5. The molecule has 4 aromatic rings. The predicted octanol–water partition coefficient (Wildman–Crippen LogP) is 6.44. The lowest BCUT2D eigenvalue weighted by atomic mass is 9.90. The lowest BCUT2D eigenvalue weighted by molar-refractivity contribution is -0.140. The summed E-state index contributed by atoms with van der Waals surface area (Å²) in [5.41, 5.74) is 2.45. The number of hydrogen-bond donors (Lipinski definition) is 1. The van der Waals surface area contributed by atoms with Gasteiger partial charge in [0, 0.05) is 48.9 Å². The Labute approximate surface area is 234 Å². The first-order valence-corrected chi connectivity index (χ1v) is 14.0. The molecule has 0 bridgehead atoms. The lowest BCUT2D eigenvalue weighted by Gasteiger charge is -2.23. The molecule has 11 heteroatoms. The largest absolute Gasteiger partial charge is 0.481 e. The van der Waals surface area contributed by atoms with Crippen molar-refractivity contribution in [3.8, 4) is 28.1 Å². The smallest absolute Gasteiger partial charge is 0.304 e. The molecule has 1 fully saturated rings. The van der Waals surface area contributed by atoms with Crippen molar-refractivity contribution >= 4 is 39.4 Å². The number of nitrogens with zero attached hydrogens (tertiary/aromatic N) is 4. The van der Waals surface area contributed by atoms with E-state index >= 15 is 4.39 Å². The number of aliphatic carboxylic acids is 1. The van der Waals surface area contributed by atoms with Gasteiger partial charge >= 0.3 is 5.97 Å².